The van der Waals surface area contributed by atoms with Gasteiger partial charge in [0.15, 0.2) is 5.13 Å². The first kappa shape index (κ1) is 16.4. The lowest BCUT2D eigenvalue weighted by Crippen LogP contribution is -2.27. The number of amides is 3. The van der Waals surface area contributed by atoms with Crippen LogP contribution in [0.25, 0.3) is 0 Å². The first-order valence-corrected chi connectivity index (χ1v) is 8.74. The summed E-state index contributed by atoms with van der Waals surface area (Å²) in [4.78, 5) is 41.5. The van der Waals surface area contributed by atoms with Crippen LogP contribution in [-0.2, 0) is 16.1 Å². The van der Waals surface area contributed by atoms with Crippen molar-refractivity contribution < 1.29 is 14.4 Å². The smallest absolute Gasteiger partial charge is 0.293 e. The molecule has 1 N–H and O–H groups in total. The Morgan fingerprint density at radius 3 is 2.92 bits per heavy atom. The Morgan fingerprint density at radius 1 is 1.38 bits per heavy atom. The molecule has 1 aromatic carbocycles. The van der Waals surface area contributed by atoms with Crippen LogP contribution in [0.1, 0.15) is 11.1 Å². The predicted octanol–water partition coefficient (Wildman–Crippen LogP) is 3.17. The normalized spacial score (nSPS) is 16.0. The molecule has 1 aromatic heterocycles. The Morgan fingerprint density at radius 2 is 2.21 bits per heavy atom. The SMILES string of the molecule is Cc1cccc(CN2C(=O)SC(=CC(=O)Nc3nccs3)C2=O)c1. The third-order valence-electron chi connectivity index (χ3n) is 3.22. The number of nitrogens with one attached hydrogen (secondary N) is 1. The fourth-order valence-electron chi connectivity index (χ4n) is 2.18. The molecule has 1 saturated heterocycles. The molecule has 0 unspecified atom stereocenters. The van der Waals surface area contributed by atoms with Gasteiger partial charge < -0.3 is 0 Å². The molecule has 1 aliphatic rings. The molecule has 1 aliphatic heterocycles. The summed E-state index contributed by atoms with van der Waals surface area (Å²) in [5.41, 5.74) is 1.92. The van der Waals surface area contributed by atoms with E-state index < -0.39 is 11.8 Å². The van der Waals surface area contributed by atoms with E-state index in [1.807, 2.05) is 31.2 Å². The number of imide groups is 1. The largest absolute Gasteiger partial charge is 0.298 e. The van der Waals surface area contributed by atoms with Gasteiger partial charge in [-0.25, -0.2) is 4.98 Å². The molecule has 0 radical (unpaired) electrons. The molecular weight excluding hydrogens is 346 g/mol. The number of hydrogen-bond acceptors (Lipinski definition) is 6. The topological polar surface area (TPSA) is 79.4 Å². The third kappa shape index (κ3) is 3.72. The van der Waals surface area contributed by atoms with Crippen LogP contribution in [0.4, 0.5) is 9.93 Å². The summed E-state index contributed by atoms with van der Waals surface area (Å²) in [6, 6.07) is 7.60. The number of nitrogens with zero attached hydrogens (tertiary/aromatic N) is 2. The van der Waals surface area contributed by atoms with E-state index in [0.29, 0.717) is 5.13 Å². The van der Waals surface area contributed by atoms with E-state index in [0.717, 1.165) is 33.9 Å². The first-order chi connectivity index (χ1) is 11.5. The summed E-state index contributed by atoms with van der Waals surface area (Å²) in [7, 11) is 0. The Labute approximate surface area is 146 Å². The number of anilines is 1. The number of hydrogen-bond donors (Lipinski definition) is 1. The summed E-state index contributed by atoms with van der Waals surface area (Å²) in [6.07, 6.45) is 2.71. The highest BCUT2D eigenvalue weighted by molar-refractivity contribution is 8.18. The van der Waals surface area contributed by atoms with Crippen LogP contribution in [0.5, 0.6) is 0 Å². The minimum absolute atomic E-state index is 0.113. The zero-order chi connectivity index (χ0) is 17.1. The monoisotopic (exact) mass is 359 g/mol. The maximum absolute atomic E-state index is 12.4. The molecule has 0 aliphatic carbocycles. The number of aromatic nitrogens is 1. The Bertz CT molecular complexity index is 831. The maximum atomic E-state index is 12.4. The Kier molecular flexibility index (Phi) is 4.77. The van der Waals surface area contributed by atoms with Gasteiger partial charge in [0, 0.05) is 17.7 Å². The van der Waals surface area contributed by atoms with Crippen molar-refractivity contribution in [3.05, 3.63) is 58.0 Å². The highest BCUT2D eigenvalue weighted by Crippen LogP contribution is 2.31. The van der Waals surface area contributed by atoms with Crippen molar-refractivity contribution in [2.24, 2.45) is 0 Å². The molecule has 8 heteroatoms. The van der Waals surface area contributed by atoms with Crippen LogP contribution >= 0.6 is 23.1 Å². The number of aryl methyl sites for hydroxylation is 1. The molecule has 2 heterocycles. The van der Waals surface area contributed by atoms with Gasteiger partial charge in [0.2, 0.25) is 0 Å². The minimum atomic E-state index is -0.481. The van der Waals surface area contributed by atoms with Crippen LogP contribution in [0.2, 0.25) is 0 Å². The standard InChI is InChI=1S/C16H13N3O3S2/c1-10-3-2-4-11(7-10)9-19-14(21)12(24-16(19)22)8-13(20)18-15-17-5-6-23-15/h2-8H,9H2,1H3,(H,17,18,20). The number of thiazole rings is 1. The highest BCUT2D eigenvalue weighted by atomic mass is 32.2. The lowest BCUT2D eigenvalue weighted by atomic mass is 10.1. The van der Waals surface area contributed by atoms with E-state index in [2.05, 4.69) is 10.3 Å². The van der Waals surface area contributed by atoms with Gasteiger partial charge >= 0.3 is 0 Å². The van der Waals surface area contributed by atoms with Crippen molar-refractivity contribution in [3.63, 3.8) is 0 Å². The van der Waals surface area contributed by atoms with Crippen LogP contribution in [0.3, 0.4) is 0 Å². The number of carbonyl (C=O) groups is 3. The molecule has 3 rings (SSSR count). The zero-order valence-corrected chi connectivity index (χ0v) is 14.3. The Balaban J connectivity index is 1.71. The van der Waals surface area contributed by atoms with Crippen LogP contribution < -0.4 is 5.32 Å². The second-order valence-corrected chi connectivity index (χ2v) is 6.97. The van der Waals surface area contributed by atoms with Crippen molar-refractivity contribution in [1.82, 2.24) is 9.88 Å². The van der Waals surface area contributed by atoms with Gasteiger partial charge in [-0.2, -0.15) is 0 Å². The molecule has 0 bridgehead atoms. The lowest BCUT2D eigenvalue weighted by Gasteiger charge is -2.12. The minimum Gasteiger partial charge on any atom is -0.298 e. The van der Waals surface area contributed by atoms with E-state index in [9.17, 15) is 14.4 Å². The van der Waals surface area contributed by atoms with Crippen molar-refractivity contribution in [2.75, 3.05) is 5.32 Å². The maximum Gasteiger partial charge on any atom is 0.293 e. The van der Waals surface area contributed by atoms with Crippen LogP contribution in [0.15, 0.2) is 46.8 Å². The molecule has 2 aromatic rings. The summed E-state index contributed by atoms with van der Waals surface area (Å²) in [5.74, 6) is -0.938. The van der Waals surface area contributed by atoms with E-state index >= 15 is 0 Å². The molecule has 122 valence electrons. The first-order valence-electron chi connectivity index (χ1n) is 7.04. The number of thioether (sulfide) groups is 1. The second kappa shape index (κ2) is 6.98. The second-order valence-electron chi connectivity index (χ2n) is 5.08. The molecule has 3 amide bonds. The molecule has 1 fully saturated rings. The molecular formula is C16H13N3O3S2. The van der Waals surface area contributed by atoms with E-state index in [-0.39, 0.29) is 16.7 Å². The van der Waals surface area contributed by atoms with Crippen molar-refractivity contribution in [3.8, 4) is 0 Å². The van der Waals surface area contributed by atoms with E-state index in [1.165, 1.54) is 11.3 Å². The van der Waals surface area contributed by atoms with Crippen molar-refractivity contribution in [2.45, 2.75) is 13.5 Å². The molecule has 0 atom stereocenters. The quantitative estimate of drug-likeness (QED) is 0.848. The van der Waals surface area contributed by atoms with Gasteiger partial charge in [0.1, 0.15) is 0 Å². The van der Waals surface area contributed by atoms with Gasteiger partial charge in [-0.05, 0) is 24.2 Å². The fraction of sp³-hybridized carbons (Fsp3) is 0.125. The summed E-state index contributed by atoms with van der Waals surface area (Å²) >= 11 is 2.04. The molecule has 6 nitrogen and oxygen atoms in total. The molecule has 0 spiro atoms. The predicted molar refractivity (Wildman–Crippen MR) is 93.5 cm³/mol. The van der Waals surface area contributed by atoms with Gasteiger partial charge in [-0.15, -0.1) is 11.3 Å². The van der Waals surface area contributed by atoms with Crippen LogP contribution in [-0.4, -0.2) is 26.9 Å². The van der Waals surface area contributed by atoms with Gasteiger partial charge in [0.25, 0.3) is 17.1 Å². The number of carbonyl (C=O) groups excluding carboxylic acids is 3. The summed E-state index contributed by atoms with van der Waals surface area (Å²) in [5, 5.41) is 4.34. The third-order valence-corrected chi connectivity index (χ3v) is 4.82. The molecule has 0 saturated carbocycles. The summed E-state index contributed by atoms with van der Waals surface area (Å²) in [6.45, 7) is 2.14. The van der Waals surface area contributed by atoms with Crippen molar-refractivity contribution in [1.29, 1.82) is 0 Å². The Hall–Kier alpha value is -2.45. The van der Waals surface area contributed by atoms with Gasteiger partial charge in [-0.3, -0.25) is 24.6 Å². The average molecular weight is 359 g/mol. The number of benzene rings is 1. The van der Waals surface area contributed by atoms with E-state index in [1.54, 1.807) is 11.6 Å². The van der Waals surface area contributed by atoms with E-state index in [4.69, 9.17) is 0 Å². The van der Waals surface area contributed by atoms with Gasteiger partial charge in [-0.1, -0.05) is 29.8 Å². The average Bonchev–Trinajstić information content (AvgIpc) is 3.12. The fourth-order valence-corrected chi connectivity index (χ4v) is 3.52. The summed E-state index contributed by atoms with van der Waals surface area (Å²) < 4.78 is 0. The molecule has 24 heavy (non-hydrogen) atoms. The number of rotatable bonds is 4. The lowest BCUT2D eigenvalue weighted by molar-refractivity contribution is -0.123. The zero-order valence-electron chi connectivity index (χ0n) is 12.7. The van der Waals surface area contributed by atoms with Crippen LogP contribution in [0, 0.1) is 6.92 Å². The highest BCUT2D eigenvalue weighted by Gasteiger charge is 2.35. The van der Waals surface area contributed by atoms with Crippen molar-refractivity contribution >= 4 is 45.3 Å². The van der Waals surface area contributed by atoms with Gasteiger partial charge in [0.05, 0.1) is 11.4 Å².